The smallest absolute Gasteiger partial charge is 0.450 e. The molecule has 2 heterocycles. The summed E-state index contributed by atoms with van der Waals surface area (Å²) in [5.74, 6) is -1.45. The van der Waals surface area contributed by atoms with Crippen molar-refractivity contribution in [1.29, 1.82) is 0 Å². The van der Waals surface area contributed by atoms with E-state index < -0.39 is 11.9 Å². The maximum absolute atomic E-state index is 13.5. The molecule has 0 fully saturated rings. The third-order valence-electron chi connectivity index (χ3n) is 3.86. The highest BCUT2D eigenvalue weighted by Gasteiger charge is 2.40. The van der Waals surface area contributed by atoms with Crippen LogP contribution in [-0.4, -0.2) is 10.2 Å². The summed E-state index contributed by atoms with van der Waals surface area (Å²) in [4.78, 5) is 0. The first-order valence-corrected chi connectivity index (χ1v) is 8.63. The monoisotopic (exact) mass is 424 g/mol. The Morgan fingerprint density at radius 3 is 1.82 bits per heavy atom. The minimum atomic E-state index is -4.74. The van der Waals surface area contributed by atoms with Crippen molar-refractivity contribution in [2.45, 2.75) is 6.18 Å². The molecule has 2 aromatic carbocycles. The summed E-state index contributed by atoms with van der Waals surface area (Å²) in [5.41, 5.74) is 0.613. The van der Waals surface area contributed by atoms with Crippen LogP contribution in [0.4, 0.5) is 13.2 Å². The van der Waals surface area contributed by atoms with E-state index in [0.29, 0.717) is 21.2 Å². The van der Waals surface area contributed by atoms with E-state index in [4.69, 9.17) is 32.0 Å². The van der Waals surface area contributed by atoms with Crippen molar-refractivity contribution in [3.05, 3.63) is 70.4 Å². The molecule has 2 aromatic heterocycles. The van der Waals surface area contributed by atoms with E-state index in [2.05, 4.69) is 10.2 Å². The van der Waals surface area contributed by atoms with Gasteiger partial charge in [-0.3, -0.25) is 0 Å². The molecule has 28 heavy (non-hydrogen) atoms. The van der Waals surface area contributed by atoms with Gasteiger partial charge < -0.3 is 8.83 Å². The van der Waals surface area contributed by atoms with Gasteiger partial charge in [-0.2, -0.15) is 13.2 Å². The van der Waals surface area contributed by atoms with Gasteiger partial charge in [0.15, 0.2) is 0 Å². The van der Waals surface area contributed by atoms with E-state index in [-0.39, 0.29) is 23.1 Å². The number of rotatable bonds is 3. The zero-order valence-corrected chi connectivity index (χ0v) is 15.3. The molecule has 0 aliphatic heterocycles. The van der Waals surface area contributed by atoms with Gasteiger partial charge in [0, 0.05) is 21.2 Å². The highest BCUT2D eigenvalue weighted by atomic mass is 35.5. The molecule has 4 aromatic rings. The van der Waals surface area contributed by atoms with E-state index in [1.165, 1.54) is 6.07 Å². The molecule has 0 saturated heterocycles. The molecular formula is C19H9Cl2F3N2O2. The van der Waals surface area contributed by atoms with Crippen LogP contribution in [0.2, 0.25) is 10.0 Å². The Balaban J connectivity index is 1.78. The molecule has 0 spiro atoms. The summed E-state index contributed by atoms with van der Waals surface area (Å²) in [6, 6.07) is 13.9. The summed E-state index contributed by atoms with van der Waals surface area (Å²) in [6.45, 7) is 0. The van der Waals surface area contributed by atoms with Gasteiger partial charge in [-0.25, -0.2) is 0 Å². The Morgan fingerprint density at radius 2 is 1.25 bits per heavy atom. The van der Waals surface area contributed by atoms with Gasteiger partial charge in [-0.15, -0.1) is 10.2 Å². The molecule has 0 amide bonds. The number of halogens is 5. The Labute approximate surface area is 166 Å². The minimum Gasteiger partial charge on any atom is -0.451 e. The van der Waals surface area contributed by atoms with Gasteiger partial charge in [-0.1, -0.05) is 23.2 Å². The average molecular weight is 425 g/mol. The summed E-state index contributed by atoms with van der Waals surface area (Å²) < 4.78 is 51.0. The fourth-order valence-corrected chi connectivity index (χ4v) is 2.81. The van der Waals surface area contributed by atoms with E-state index in [1.807, 2.05) is 0 Å². The largest absolute Gasteiger partial charge is 0.451 e. The van der Waals surface area contributed by atoms with Crippen LogP contribution in [0.5, 0.6) is 0 Å². The highest BCUT2D eigenvalue weighted by molar-refractivity contribution is 6.30. The van der Waals surface area contributed by atoms with Crippen molar-refractivity contribution in [2.75, 3.05) is 0 Å². The van der Waals surface area contributed by atoms with E-state index in [0.717, 1.165) is 0 Å². The fraction of sp³-hybridized carbons (Fsp3) is 0.0526. The summed E-state index contributed by atoms with van der Waals surface area (Å²) in [7, 11) is 0. The molecule has 9 heteroatoms. The van der Waals surface area contributed by atoms with Gasteiger partial charge in [0.2, 0.25) is 11.7 Å². The van der Waals surface area contributed by atoms with Crippen LogP contribution in [0, 0.1) is 0 Å². The Kier molecular flexibility index (Phi) is 4.64. The molecular weight excluding hydrogens is 416 g/mol. The van der Waals surface area contributed by atoms with Gasteiger partial charge in [0.05, 0.1) is 5.56 Å². The fourth-order valence-electron chi connectivity index (χ4n) is 2.56. The number of furan rings is 1. The third-order valence-corrected chi connectivity index (χ3v) is 4.37. The zero-order chi connectivity index (χ0) is 19.9. The molecule has 0 aliphatic rings. The second-order valence-corrected chi connectivity index (χ2v) is 6.65. The highest BCUT2D eigenvalue weighted by Crippen LogP contribution is 2.42. The van der Waals surface area contributed by atoms with Crippen LogP contribution in [-0.2, 0) is 6.18 Å². The second kappa shape index (κ2) is 7.00. The van der Waals surface area contributed by atoms with Crippen LogP contribution >= 0.6 is 23.2 Å². The lowest BCUT2D eigenvalue weighted by atomic mass is 10.1. The number of nitrogens with zero attached hydrogens (tertiary/aromatic N) is 2. The Bertz CT molecular complexity index is 1120. The Hall–Kier alpha value is -2.77. The molecule has 4 nitrogen and oxygen atoms in total. The van der Waals surface area contributed by atoms with Crippen LogP contribution in [0.1, 0.15) is 5.76 Å². The lowest BCUT2D eigenvalue weighted by Gasteiger charge is -2.03. The predicted molar refractivity (Wildman–Crippen MR) is 97.9 cm³/mol. The van der Waals surface area contributed by atoms with E-state index >= 15 is 0 Å². The summed E-state index contributed by atoms with van der Waals surface area (Å²) >= 11 is 11.7. The first-order valence-electron chi connectivity index (χ1n) is 7.88. The van der Waals surface area contributed by atoms with Crippen LogP contribution in [0.25, 0.3) is 34.2 Å². The van der Waals surface area contributed by atoms with Crippen molar-refractivity contribution in [3.8, 4) is 34.2 Å². The number of hydrogen-bond acceptors (Lipinski definition) is 4. The van der Waals surface area contributed by atoms with Gasteiger partial charge in [0.1, 0.15) is 5.76 Å². The third kappa shape index (κ3) is 3.63. The minimum absolute atomic E-state index is 0.00485. The van der Waals surface area contributed by atoms with Crippen molar-refractivity contribution in [2.24, 2.45) is 0 Å². The normalized spacial score (nSPS) is 11.8. The Morgan fingerprint density at radius 1 is 0.714 bits per heavy atom. The zero-order valence-electron chi connectivity index (χ0n) is 13.8. The molecule has 0 radical (unpaired) electrons. The number of aromatic nitrogens is 2. The maximum atomic E-state index is 13.5. The summed E-state index contributed by atoms with van der Waals surface area (Å²) in [6.07, 6.45) is -4.74. The average Bonchev–Trinajstić information content (AvgIpc) is 3.30. The molecule has 0 aliphatic carbocycles. The van der Waals surface area contributed by atoms with E-state index in [9.17, 15) is 13.2 Å². The molecule has 142 valence electrons. The van der Waals surface area contributed by atoms with Crippen LogP contribution in [0.3, 0.4) is 0 Å². The number of alkyl halides is 3. The first kappa shape index (κ1) is 18.6. The van der Waals surface area contributed by atoms with Crippen LogP contribution < -0.4 is 0 Å². The molecule has 0 bridgehead atoms. The number of benzene rings is 2. The SMILES string of the molecule is FC(F)(F)c1oc(-c2ccc(Cl)cc2)cc1-c1nnc(-c2ccc(Cl)cc2)o1. The lowest BCUT2D eigenvalue weighted by molar-refractivity contribution is -0.152. The number of hydrogen-bond donors (Lipinski definition) is 0. The quantitative estimate of drug-likeness (QED) is 0.355. The standard InChI is InChI=1S/C19H9Cl2F3N2O2/c20-12-5-1-10(2-6-12)15-9-14(16(27-15)19(22,23)24)18-26-25-17(28-18)11-3-7-13(21)8-4-11/h1-9H. The topological polar surface area (TPSA) is 52.1 Å². The van der Waals surface area contributed by atoms with Crippen LogP contribution in [0.15, 0.2) is 63.4 Å². The maximum Gasteiger partial charge on any atom is 0.450 e. The first-order chi connectivity index (χ1) is 13.3. The van der Waals surface area contributed by atoms with Gasteiger partial charge in [-0.05, 0) is 54.6 Å². The molecule has 0 unspecified atom stereocenters. The van der Waals surface area contributed by atoms with Crippen molar-refractivity contribution >= 4 is 23.2 Å². The van der Waals surface area contributed by atoms with Gasteiger partial charge in [0.25, 0.3) is 5.89 Å². The van der Waals surface area contributed by atoms with Gasteiger partial charge >= 0.3 is 6.18 Å². The lowest BCUT2D eigenvalue weighted by Crippen LogP contribution is -2.04. The van der Waals surface area contributed by atoms with Crippen molar-refractivity contribution < 1.29 is 22.0 Å². The van der Waals surface area contributed by atoms with Crippen molar-refractivity contribution in [3.63, 3.8) is 0 Å². The molecule has 0 atom stereocenters. The van der Waals surface area contributed by atoms with Crippen molar-refractivity contribution in [1.82, 2.24) is 10.2 Å². The predicted octanol–water partition coefficient (Wildman–Crippen LogP) is 6.99. The molecule has 0 N–H and O–H groups in total. The summed E-state index contributed by atoms with van der Waals surface area (Å²) in [5, 5.41) is 8.53. The molecule has 4 rings (SSSR count). The second-order valence-electron chi connectivity index (χ2n) is 5.78. The molecule has 0 saturated carbocycles. The van der Waals surface area contributed by atoms with E-state index in [1.54, 1.807) is 48.5 Å².